The van der Waals surface area contributed by atoms with E-state index < -0.39 is 34.7 Å². The average molecular weight is 303 g/mol. The van der Waals surface area contributed by atoms with E-state index in [1.165, 1.54) is 6.07 Å². The summed E-state index contributed by atoms with van der Waals surface area (Å²) in [5.41, 5.74) is 4.24. The number of alkyl halides is 2. The van der Waals surface area contributed by atoms with E-state index >= 15 is 0 Å². The molecule has 1 rings (SSSR count). The van der Waals surface area contributed by atoms with Crippen molar-refractivity contribution in [1.29, 1.82) is 0 Å². The van der Waals surface area contributed by atoms with Gasteiger partial charge in [-0.05, 0) is 12.1 Å². The van der Waals surface area contributed by atoms with E-state index in [4.69, 9.17) is 22.4 Å². The predicted molar refractivity (Wildman–Crippen MR) is 64.3 cm³/mol. The van der Waals surface area contributed by atoms with Gasteiger partial charge in [0.15, 0.2) is 0 Å². The van der Waals surface area contributed by atoms with E-state index in [0.717, 1.165) is 12.1 Å². The molecule has 9 heteroatoms. The molecule has 0 aromatic heterocycles. The van der Waals surface area contributed by atoms with Gasteiger partial charge in [-0.3, -0.25) is 10.1 Å². The Kier molecular flexibility index (Phi) is 5.88. The van der Waals surface area contributed by atoms with Crippen LogP contribution >= 0.6 is 24.0 Å². The number of hydrogen-bond acceptors (Lipinski definition) is 4. The smallest absolute Gasteiger partial charge is 0.289 e. The van der Waals surface area contributed by atoms with Crippen LogP contribution in [0.15, 0.2) is 18.2 Å². The Hall–Kier alpha value is -1.02. The van der Waals surface area contributed by atoms with Crippen LogP contribution < -0.4 is 5.73 Å². The van der Waals surface area contributed by atoms with Gasteiger partial charge in [-0.25, -0.2) is 8.78 Å². The van der Waals surface area contributed by atoms with Crippen LogP contribution in [-0.4, -0.2) is 22.6 Å². The molecule has 0 amide bonds. The van der Waals surface area contributed by atoms with E-state index in [1.54, 1.807) is 0 Å². The van der Waals surface area contributed by atoms with Gasteiger partial charge >= 0.3 is 0 Å². The number of nitrogens with zero attached hydrogens (tertiary/aromatic N) is 1. The molecule has 1 aromatic carbocycles. The van der Waals surface area contributed by atoms with Gasteiger partial charge in [0.25, 0.3) is 11.6 Å². The van der Waals surface area contributed by atoms with Crippen LogP contribution in [0.4, 0.5) is 14.5 Å². The molecule has 0 aliphatic carbocycles. The second-order valence-electron chi connectivity index (χ2n) is 3.36. The van der Waals surface area contributed by atoms with Gasteiger partial charge in [-0.1, -0.05) is 11.6 Å². The summed E-state index contributed by atoms with van der Waals surface area (Å²) in [5, 5.41) is 19.2. The Morgan fingerprint density at radius 2 is 2.11 bits per heavy atom. The van der Waals surface area contributed by atoms with Gasteiger partial charge in [-0.15, -0.1) is 12.4 Å². The molecule has 1 aromatic rings. The molecule has 0 saturated heterocycles. The Morgan fingerprint density at radius 3 is 2.56 bits per heavy atom. The summed E-state index contributed by atoms with van der Waals surface area (Å²) in [4.78, 5) is 9.82. The van der Waals surface area contributed by atoms with Crippen molar-refractivity contribution in [2.75, 3.05) is 6.61 Å². The van der Waals surface area contributed by atoms with Crippen LogP contribution in [-0.2, 0) is 0 Å². The lowest BCUT2D eigenvalue weighted by atomic mass is 10.00. The Morgan fingerprint density at radius 1 is 1.56 bits per heavy atom. The van der Waals surface area contributed by atoms with Crippen LogP contribution in [0.1, 0.15) is 11.6 Å². The van der Waals surface area contributed by atoms with Crippen molar-refractivity contribution in [3.8, 4) is 0 Å². The molecule has 102 valence electrons. The highest BCUT2D eigenvalue weighted by molar-refractivity contribution is 6.30. The quantitative estimate of drug-likeness (QED) is 0.659. The van der Waals surface area contributed by atoms with Crippen molar-refractivity contribution in [3.63, 3.8) is 0 Å². The molecule has 0 saturated carbocycles. The van der Waals surface area contributed by atoms with E-state index in [0.29, 0.717) is 0 Å². The molecular weight excluding hydrogens is 293 g/mol. The largest absolute Gasteiger partial charge is 0.390 e. The van der Waals surface area contributed by atoms with Gasteiger partial charge in [0.1, 0.15) is 12.6 Å². The summed E-state index contributed by atoms with van der Waals surface area (Å²) in [7, 11) is 0. The standard InChI is InChI=1S/C9H9ClF2N2O3.ClH/c10-5-1-2-7(14(16)17)6(3-5)8(13)9(11,12)4-15;/h1-3,8,15H,4,13H2;1H/t8-;/m1./s1. The minimum atomic E-state index is -3.66. The lowest BCUT2D eigenvalue weighted by molar-refractivity contribution is -0.386. The number of nitrogens with two attached hydrogens (primary N) is 1. The van der Waals surface area contributed by atoms with Crippen LogP contribution in [0.2, 0.25) is 5.02 Å². The van der Waals surface area contributed by atoms with Crippen LogP contribution in [0.25, 0.3) is 0 Å². The van der Waals surface area contributed by atoms with Crippen LogP contribution in [0.5, 0.6) is 0 Å². The maximum atomic E-state index is 13.2. The molecule has 1 atom stereocenters. The van der Waals surface area contributed by atoms with Crippen molar-refractivity contribution < 1.29 is 18.8 Å². The zero-order valence-corrected chi connectivity index (χ0v) is 10.4. The fourth-order valence-electron chi connectivity index (χ4n) is 1.27. The van der Waals surface area contributed by atoms with E-state index in [1.807, 2.05) is 0 Å². The highest BCUT2D eigenvalue weighted by Gasteiger charge is 2.40. The molecule has 0 fully saturated rings. The summed E-state index contributed by atoms with van der Waals surface area (Å²) < 4.78 is 26.3. The molecule has 0 aliphatic rings. The van der Waals surface area contributed by atoms with E-state index in [9.17, 15) is 18.9 Å². The zero-order chi connectivity index (χ0) is 13.2. The lowest BCUT2D eigenvalue weighted by Crippen LogP contribution is -2.36. The van der Waals surface area contributed by atoms with E-state index in [-0.39, 0.29) is 17.4 Å². The monoisotopic (exact) mass is 302 g/mol. The molecule has 5 nitrogen and oxygen atoms in total. The third-order valence-corrected chi connectivity index (χ3v) is 2.42. The minimum absolute atomic E-state index is 0. The highest BCUT2D eigenvalue weighted by Crippen LogP contribution is 2.35. The second-order valence-corrected chi connectivity index (χ2v) is 3.79. The fourth-order valence-corrected chi connectivity index (χ4v) is 1.45. The van der Waals surface area contributed by atoms with Gasteiger partial charge in [0, 0.05) is 11.1 Å². The molecule has 0 heterocycles. The van der Waals surface area contributed by atoms with Gasteiger partial charge in [-0.2, -0.15) is 0 Å². The van der Waals surface area contributed by atoms with Crippen LogP contribution in [0.3, 0.4) is 0 Å². The van der Waals surface area contributed by atoms with Crippen molar-refractivity contribution in [1.82, 2.24) is 0 Å². The van der Waals surface area contributed by atoms with Crippen molar-refractivity contribution >= 4 is 29.7 Å². The first kappa shape index (κ1) is 17.0. The number of hydrogen-bond donors (Lipinski definition) is 2. The van der Waals surface area contributed by atoms with Crippen LogP contribution in [0, 0.1) is 10.1 Å². The first-order valence-electron chi connectivity index (χ1n) is 4.47. The molecule has 3 N–H and O–H groups in total. The molecule has 0 bridgehead atoms. The molecule has 0 radical (unpaired) electrons. The average Bonchev–Trinajstić information content (AvgIpc) is 2.27. The Bertz CT molecular complexity index is 446. The maximum absolute atomic E-state index is 13.2. The summed E-state index contributed by atoms with van der Waals surface area (Å²) in [5.74, 6) is -3.66. The van der Waals surface area contributed by atoms with E-state index in [2.05, 4.69) is 0 Å². The zero-order valence-electron chi connectivity index (χ0n) is 8.85. The van der Waals surface area contributed by atoms with Crippen molar-refractivity contribution in [2.24, 2.45) is 5.73 Å². The van der Waals surface area contributed by atoms with Gasteiger partial charge < -0.3 is 10.8 Å². The highest BCUT2D eigenvalue weighted by atomic mass is 35.5. The topological polar surface area (TPSA) is 89.4 Å². The molecular formula is C9H10Cl2F2N2O3. The molecule has 18 heavy (non-hydrogen) atoms. The number of halogens is 4. The second kappa shape index (κ2) is 6.24. The molecule has 0 spiro atoms. The van der Waals surface area contributed by atoms with Gasteiger partial charge in [0.05, 0.1) is 10.5 Å². The predicted octanol–water partition coefficient (Wildman–Crippen LogP) is 2.30. The van der Waals surface area contributed by atoms with Gasteiger partial charge in [0.2, 0.25) is 0 Å². The maximum Gasteiger partial charge on any atom is 0.289 e. The Balaban J connectivity index is 0.00000289. The summed E-state index contributed by atoms with van der Waals surface area (Å²) in [6, 6.07) is 1.19. The SMILES string of the molecule is Cl.N[C@H](c1cc(Cl)ccc1[N+](=O)[O-])C(F)(F)CO. The lowest BCUT2D eigenvalue weighted by Gasteiger charge is -2.21. The fraction of sp³-hybridized carbons (Fsp3) is 0.333. The number of aliphatic hydroxyl groups excluding tert-OH is 1. The summed E-state index contributed by atoms with van der Waals surface area (Å²) in [6.07, 6.45) is 0. The number of aliphatic hydroxyl groups is 1. The molecule has 0 unspecified atom stereocenters. The normalized spacial score (nSPS) is 12.7. The first-order valence-corrected chi connectivity index (χ1v) is 4.85. The van der Waals surface area contributed by atoms with Crippen molar-refractivity contribution in [3.05, 3.63) is 38.9 Å². The third-order valence-electron chi connectivity index (χ3n) is 2.19. The third kappa shape index (κ3) is 3.49. The number of rotatable bonds is 4. The minimum Gasteiger partial charge on any atom is -0.390 e. The number of nitro groups is 1. The first-order chi connectivity index (χ1) is 7.79. The summed E-state index contributed by atoms with van der Waals surface area (Å²) >= 11 is 5.57. The molecule has 0 aliphatic heterocycles. The summed E-state index contributed by atoms with van der Waals surface area (Å²) in [6.45, 7) is -1.50. The Labute approximate surface area is 112 Å². The van der Waals surface area contributed by atoms with Crippen molar-refractivity contribution in [2.45, 2.75) is 12.0 Å². The number of nitro benzene ring substituents is 1. The number of benzene rings is 1.